The van der Waals surface area contributed by atoms with Gasteiger partial charge in [-0.3, -0.25) is 9.59 Å². The summed E-state index contributed by atoms with van der Waals surface area (Å²) in [6.45, 7) is 4.95. The van der Waals surface area contributed by atoms with Crippen LogP contribution in [0, 0.1) is 5.92 Å². The lowest BCUT2D eigenvalue weighted by atomic mass is 10.2. The number of halogens is 1. The van der Waals surface area contributed by atoms with Crippen molar-refractivity contribution in [2.45, 2.75) is 20.3 Å². The standard InChI is InChI=1S/C14H20ClN3O2/c1-9(2)8-18-13(19)3-4-17-14(20)10-5-11(15)7-12(16)6-10/h5-7,9H,3-4,8,16H2,1-2H3,(H,17,20)(H,18,19). The third-order valence-electron chi connectivity index (χ3n) is 2.53. The van der Waals surface area contributed by atoms with E-state index in [0.717, 1.165) is 0 Å². The van der Waals surface area contributed by atoms with Gasteiger partial charge in [-0.1, -0.05) is 25.4 Å². The van der Waals surface area contributed by atoms with E-state index in [4.69, 9.17) is 17.3 Å². The summed E-state index contributed by atoms with van der Waals surface area (Å²) in [5.41, 5.74) is 6.43. The van der Waals surface area contributed by atoms with Crippen LogP contribution in [-0.4, -0.2) is 24.9 Å². The van der Waals surface area contributed by atoms with Crippen LogP contribution in [0.25, 0.3) is 0 Å². The first-order chi connectivity index (χ1) is 9.38. The van der Waals surface area contributed by atoms with Gasteiger partial charge in [0.05, 0.1) is 0 Å². The molecule has 20 heavy (non-hydrogen) atoms. The number of rotatable bonds is 6. The van der Waals surface area contributed by atoms with Crippen molar-refractivity contribution >= 4 is 29.1 Å². The Morgan fingerprint density at radius 2 is 1.95 bits per heavy atom. The number of hydrogen-bond acceptors (Lipinski definition) is 3. The SMILES string of the molecule is CC(C)CNC(=O)CCNC(=O)c1cc(N)cc(Cl)c1. The molecule has 0 spiro atoms. The average Bonchev–Trinajstić information content (AvgIpc) is 2.35. The molecule has 6 heteroatoms. The molecule has 0 aliphatic carbocycles. The summed E-state index contributed by atoms with van der Waals surface area (Å²) in [5, 5.41) is 5.85. The minimum atomic E-state index is -0.296. The molecule has 1 aromatic carbocycles. The second kappa shape index (κ2) is 7.75. The van der Waals surface area contributed by atoms with E-state index in [9.17, 15) is 9.59 Å². The molecule has 1 rings (SSSR count). The molecule has 0 radical (unpaired) electrons. The highest BCUT2D eigenvalue weighted by molar-refractivity contribution is 6.31. The van der Waals surface area contributed by atoms with Crippen LogP contribution in [0.2, 0.25) is 5.02 Å². The molecule has 0 atom stereocenters. The third kappa shape index (κ3) is 5.93. The van der Waals surface area contributed by atoms with Crippen molar-refractivity contribution in [1.82, 2.24) is 10.6 Å². The zero-order chi connectivity index (χ0) is 15.1. The summed E-state index contributed by atoms with van der Waals surface area (Å²) in [7, 11) is 0. The molecule has 0 aliphatic rings. The number of nitrogens with one attached hydrogen (secondary N) is 2. The summed E-state index contributed by atoms with van der Waals surface area (Å²) < 4.78 is 0. The van der Waals surface area contributed by atoms with Crippen LogP contribution in [0.15, 0.2) is 18.2 Å². The molecular formula is C14H20ClN3O2. The number of hydrogen-bond donors (Lipinski definition) is 3. The van der Waals surface area contributed by atoms with E-state index in [2.05, 4.69) is 10.6 Å². The van der Waals surface area contributed by atoms with Gasteiger partial charge in [0.25, 0.3) is 5.91 Å². The molecule has 110 valence electrons. The Labute approximate surface area is 123 Å². The van der Waals surface area contributed by atoms with Gasteiger partial charge in [-0.15, -0.1) is 0 Å². The number of benzene rings is 1. The molecule has 0 saturated carbocycles. The Hall–Kier alpha value is -1.75. The van der Waals surface area contributed by atoms with Gasteiger partial charge in [0.1, 0.15) is 0 Å². The fourth-order valence-corrected chi connectivity index (χ4v) is 1.78. The molecule has 0 aliphatic heterocycles. The fourth-order valence-electron chi connectivity index (χ4n) is 1.54. The second-order valence-electron chi connectivity index (χ2n) is 4.98. The molecule has 0 bridgehead atoms. The number of carbonyl (C=O) groups is 2. The number of carbonyl (C=O) groups excluding carboxylic acids is 2. The van der Waals surface area contributed by atoms with Crippen LogP contribution in [0.3, 0.4) is 0 Å². The van der Waals surface area contributed by atoms with Crippen molar-refractivity contribution in [1.29, 1.82) is 0 Å². The van der Waals surface area contributed by atoms with Crippen molar-refractivity contribution < 1.29 is 9.59 Å². The number of amides is 2. The molecule has 0 fully saturated rings. The number of nitrogen functional groups attached to an aromatic ring is 1. The predicted octanol–water partition coefficient (Wildman–Crippen LogP) is 1.81. The van der Waals surface area contributed by atoms with Crippen LogP contribution in [-0.2, 0) is 4.79 Å². The Morgan fingerprint density at radius 1 is 1.25 bits per heavy atom. The van der Waals surface area contributed by atoms with E-state index in [-0.39, 0.29) is 24.8 Å². The first-order valence-electron chi connectivity index (χ1n) is 6.49. The van der Waals surface area contributed by atoms with Gasteiger partial charge >= 0.3 is 0 Å². The molecule has 0 unspecified atom stereocenters. The van der Waals surface area contributed by atoms with E-state index in [1.807, 2.05) is 13.8 Å². The van der Waals surface area contributed by atoms with Gasteiger partial charge in [0, 0.05) is 35.8 Å². The van der Waals surface area contributed by atoms with Crippen molar-refractivity contribution in [3.05, 3.63) is 28.8 Å². The van der Waals surface area contributed by atoms with Crippen molar-refractivity contribution in [2.24, 2.45) is 5.92 Å². The van der Waals surface area contributed by atoms with E-state index in [1.165, 1.54) is 6.07 Å². The molecular weight excluding hydrogens is 278 g/mol. The van der Waals surface area contributed by atoms with Crippen LogP contribution in [0.1, 0.15) is 30.6 Å². The van der Waals surface area contributed by atoms with Gasteiger partial charge in [-0.25, -0.2) is 0 Å². The lowest BCUT2D eigenvalue weighted by Crippen LogP contribution is -2.32. The minimum absolute atomic E-state index is 0.0791. The van der Waals surface area contributed by atoms with Gasteiger partial charge < -0.3 is 16.4 Å². The molecule has 0 aromatic heterocycles. The van der Waals surface area contributed by atoms with Gasteiger partial charge in [-0.05, 0) is 24.1 Å². The maximum absolute atomic E-state index is 11.8. The van der Waals surface area contributed by atoms with E-state index >= 15 is 0 Å². The lowest BCUT2D eigenvalue weighted by molar-refractivity contribution is -0.121. The van der Waals surface area contributed by atoms with Crippen LogP contribution >= 0.6 is 11.6 Å². The normalized spacial score (nSPS) is 10.4. The van der Waals surface area contributed by atoms with Gasteiger partial charge in [0.2, 0.25) is 5.91 Å². The Bertz CT molecular complexity index is 469. The smallest absolute Gasteiger partial charge is 0.251 e. The summed E-state index contributed by atoms with van der Waals surface area (Å²) in [6, 6.07) is 4.64. The predicted molar refractivity (Wildman–Crippen MR) is 80.7 cm³/mol. The van der Waals surface area contributed by atoms with Crippen molar-refractivity contribution in [2.75, 3.05) is 18.8 Å². The fraction of sp³-hybridized carbons (Fsp3) is 0.429. The highest BCUT2D eigenvalue weighted by Gasteiger charge is 2.08. The minimum Gasteiger partial charge on any atom is -0.399 e. The Morgan fingerprint density at radius 3 is 2.55 bits per heavy atom. The van der Waals surface area contributed by atoms with E-state index < -0.39 is 0 Å². The van der Waals surface area contributed by atoms with E-state index in [0.29, 0.717) is 28.7 Å². The first-order valence-corrected chi connectivity index (χ1v) is 6.87. The van der Waals surface area contributed by atoms with E-state index in [1.54, 1.807) is 12.1 Å². The molecule has 2 amide bonds. The maximum atomic E-state index is 11.8. The molecule has 0 saturated heterocycles. The molecule has 4 N–H and O–H groups in total. The summed E-state index contributed by atoms with van der Waals surface area (Å²) in [6.07, 6.45) is 0.245. The first kappa shape index (κ1) is 16.3. The molecule has 1 aromatic rings. The lowest BCUT2D eigenvalue weighted by Gasteiger charge is -2.09. The number of anilines is 1. The quantitative estimate of drug-likeness (QED) is 0.700. The highest BCUT2D eigenvalue weighted by Crippen LogP contribution is 2.16. The second-order valence-corrected chi connectivity index (χ2v) is 5.41. The molecule has 5 nitrogen and oxygen atoms in total. The Kier molecular flexibility index (Phi) is 6.31. The highest BCUT2D eigenvalue weighted by atomic mass is 35.5. The van der Waals surface area contributed by atoms with Crippen molar-refractivity contribution in [3.63, 3.8) is 0 Å². The third-order valence-corrected chi connectivity index (χ3v) is 2.75. The summed E-state index contributed by atoms with van der Waals surface area (Å²) >= 11 is 5.83. The van der Waals surface area contributed by atoms with Gasteiger partial charge in [0.15, 0.2) is 0 Å². The summed E-state index contributed by atoms with van der Waals surface area (Å²) in [4.78, 5) is 23.3. The van der Waals surface area contributed by atoms with Gasteiger partial charge in [-0.2, -0.15) is 0 Å². The molecule has 0 heterocycles. The zero-order valence-electron chi connectivity index (χ0n) is 11.7. The monoisotopic (exact) mass is 297 g/mol. The van der Waals surface area contributed by atoms with Crippen molar-refractivity contribution in [3.8, 4) is 0 Å². The Balaban J connectivity index is 2.38. The zero-order valence-corrected chi connectivity index (χ0v) is 12.5. The van der Waals surface area contributed by atoms with Crippen LogP contribution in [0.5, 0.6) is 0 Å². The van der Waals surface area contributed by atoms with Crippen LogP contribution in [0.4, 0.5) is 5.69 Å². The van der Waals surface area contributed by atoms with Crippen LogP contribution < -0.4 is 16.4 Å². The average molecular weight is 298 g/mol. The largest absolute Gasteiger partial charge is 0.399 e. The maximum Gasteiger partial charge on any atom is 0.251 e. The number of nitrogens with two attached hydrogens (primary N) is 1. The topological polar surface area (TPSA) is 84.2 Å². The summed E-state index contributed by atoms with van der Waals surface area (Å²) in [5.74, 6) is 0.0310.